The van der Waals surface area contributed by atoms with E-state index in [0.717, 1.165) is 11.1 Å². The van der Waals surface area contributed by atoms with E-state index in [0.29, 0.717) is 37.3 Å². The Labute approximate surface area is 169 Å². The first kappa shape index (κ1) is 18.7. The fraction of sp³-hybridized carbons (Fsp3) is 0.636. The molecule has 2 fully saturated rings. The lowest BCUT2D eigenvalue weighted by Gasteiger charge is -2.62. The maximum atomic E-state index is 13.0. The molecule has 7 nitrogen and oxygen atoms in total. The van der Waals surface area contributed by atoms with E-state index in [1.165, 1.54) is 0 Å². The highest BCUT2D eigenvalue weighted by atomic mass is 16.6. The number of likely N-dealkylation sites (tertiary alicyclic amines) is 1. The van der Waals surface area contributed by atoms with Gasteiger partial charge >= 0.3 is 6.09 Å². The quantitative estimate of drug-likeness (QED) is 0.778. The monoisotopic (exact) mass is 401 g/mol. The van der Waals surface area contributed by atoms with E-state index in [9.17, 15) is 14.7 Å². The molecule has 5 rings (SSSR count). The molecule has 4 atom stereocenters. The highest BCUT2D eigenvalue weighted by Crippen LogP contribution is 2.64. The Kier molecular flexibility index (Phi) is 3.65. The van der Waals surface area contributed by atoms with E-state index < -0.39 is 34.9 Å². The lowest BCUT2D eigenvalue weighted by atomic mass is 9.49. The summed E-state index contributed by atoms with van der Waals surface area (Å²) in [6.45, 7) is 5.91. The van der Waals surface area contributed by atoms with Crippen LogP contribution < -0.4 is 9.47 Å². The van der Waals surface area contributed by atoms with E-state index in [1.807, 2.05) is 32.9 Å². The maximum Gasteiger partial charge on any atom is 0.410 e. The SMILES string of the molecule is COc1ccc2c3c1OC1C(=O)CCC4(O)C(C2)N(C(=O)OC(C)(C)C)CCC314. The molecule has 2 bridgehead atoms. The lowest BCUT2D eigenvalue weighted by Crippen LogP contribution is -2.77. The number of rotatable bonds is 1. The molecule has 0 radical (unpaired) electrons. The second kappa shape index (κ2) is 5.65. The molecule has 1 aromatic carbocycles. The van der Waals surface area contributed by atoms with Gasteiger partial charge in [0.15, 0.2) is 23.4 Å². The number of nitrogens with zero attached hydrogens (tertiary/aromatic N) is 1. The summed E-state index contributed by atoms with van der Waals surface area (Å²) in [5.41, 5.74) is -0.809. The zero-order valence-electron chi connectivity index (χ0n) is 17.3. The average Bonchev–Trinajstić information content (AvgIpc) is 2.98. The molecule has 1 N–H and O–H groups in total. The third-order valence-electron chi connectivity index (χ3n) is 7.09. The number of ether oxygens (including phenoxy) is 3. The molecular weight excluding hydrogens is 374 g/mol. The molecule has 4 aliphatic rings. The number of amides is 1. The zero-order chi connectivity index (χ0) is 20.8. The predicted molar refractivity (Wildman–Crippen MR) is 103 cm³/mol. The Bertz CT molecular complexity index is 921. The third kappa shape index (κ3) is 2.22. The van der Waals surface area contributed by atoms with Crippen LogP contribution >= 0.6 is 0 Å². The second-order valence-corrected chi connectivity index (χ2v) is 9.63. The summed E-state index contributed by atoms with van der Waals surface area (Å²) in [7, 11) is 1.58. The van der Waals surface area contributed by atoms with E-state index in [4.69, 9.17) is 14.2 Å². The molecule has 2 aliphatic heterocycles. The molecule has 4 unspecified atom stereocenters. The minimum absolute atomic E-state index is 0.00486. The largest absolute Gasteiger partial charge is 0.493 e. The van der Waals surface area contributed by atoms with Crippen LogP contribution in [0.15, 0.2) is 12.1 Å². The van der Waals surface area contributed by atoms with Crippen LogP contribution in [0.4, 0.5) is 4.79 Å². The van der Waals surface area contributed by atoms with Gasteiger partial charge in [0.1, 0.15) is 5.60 Å². The van der Waals surface area contributed by atoms with Crippen LogP contribution in [0.25, 0.3) is 0 Å². The highest BCUT2D eigenvalue weighted by molar-refractivity contribution is 5.90. The van der Waals surface area contributed by atoms with E-state index in [-0.39, 0.29) is 12.2 Å². The van der Waals surface area contributed by atoms with E-state index in [1.54, 1.807) is 12.0 Å². The molecule has 1 saturated carbocycles. The number of ketones is 1. The van der Waals surface area contributed by atoms with Gasteiger partial charge in [-0.3, -0.25) is 4.79 Å². The third-order valence-corrected chi connectivity index (χ3v) is 7.09. The van der Waals surface area contributed by atoms with Crippen molar-refractivity contribution in [3.8, 4) is 11.5 Å². The summed E-state index contributed by atoms with van der Waals surface area (Å²) in [6, 6.07) is 3.34. The number of methoxy groups -OCH3 is 1. The van der Waals surface area contributed by atoms with Crippen molar-refractivity contribution >= 4 is 11.9 Å². The smallest absolute Gasteiger partial charge is 0.410 e. The van der Waals surface area contributed by atoms with Crippen LogP contribution in [0.5, 0.6) is 11.5 Å². The number of carbonyl (C=O) groups is 2. The van der Waals surface area contributed by atoms with Crippen LogP contribution in [0.1, 0.15) is 51.2 Å². The standard InChI is InChI=1S/C22H27NO6/c1-20(2,3)29-19(25)23-10-9-21-16-12-5-6-14(27-4)17(16)28-18(21)13(24)7-8-22(21,26)15(23)11-12/h5-6,15,18,26H,7-11H2,1-4H3. The summed E-state index contributed by atoms with van der Waals surface area (Å²) in [6.07, 6.45) is 0.320. The Balaban J connectivity index is 1.67. The number of benzene rings is 1. The number of hydrogen-bond acceptors (Lipinski definition) is 6. The summed E-state index contributed by atoms with van der Waals surface area (Å²) >= 11 is 0. The summed E-state index contributed by atoms with van der Waals surface area (Å²) in [5, 5.41) is 12.1. The molecule has 2 heterocycles. The molecule has 2 aliphatic carbocycles. The van der Waals surface area contributed by atoms with Crippen LogP contribution in [0.3, 0.4) is 0 Å². The highest BCUT2D eigenvalue weighted by Gasteiger charge is 2.73. The van der Waals surface area contributed by atoms with E-state index in [2.05, 4.69) is 0 Å². The fourth-order valence-corrected chi connectivity index (χ4v) is 6.02. The Morgan fingerprint density at radius 1 is 1.31 bits per heavy atom. The zero-order valence-corrected chi connectivity index (χ0v) is 17.3. The van der Waals surface area contributed by atoms with Gasteiger partial charge in [0.25, 0.3) is 0 Å². The lowest BCUT2D eigenvalue weighted by molar-refractivity contribution is -0.185. The number of carbonyl (C=O) groups excluding carboxylic acids is 2. The number of Topliss-reactive ketones (excluding diaryl/α,β-unsaturated/α-hetero) is 1. The summed E-state index contributed by atoms with van der Waals surface area (Å²) in [4.78, 5) is 27.5. The van der Waals surface area contributed by atoms with Crippen molar-refractivity contribution in [3.63, 3.8) is 0 Å². The van der Waals surface area contributed by atoms with Gasteiger partial charge in [-0.25, -0.2) is 4.79 Å². The average molecular weight is 401 g/mol. The van der Waals surface area contributed by atoms with Gasteiger partial charge in [-0.1, -0.05) is 6.07 Å². The molecule has 0 aromatic heterocycles. The topological polar surface area (TPSA) is 85.3 Å². The maximum absolute atomic E-state index is 13.0. The van der Waals surface area contributed by atoms with Gasteiger partial charge in [-0.2, -0.15) is 0 Å². The van der Waals surface area contributed by atoms with Gasteiger partial charge in [0.05, 0.1) is 24.2 Å². The van der Waals surface area contributed by atoms with Gasteiger partial charge in [-0.15, -0.1) is 0 Å². The molecule has 1 amide bonds. The van der Waals surface area contributed by atoms with Crippen LogP contribution in [-0.4, -0.2) is 58.9 Å². The molecule has 29 heavy (non-hydrogen) atoms. The molecule has 156 valence electrons. The van der Waals surface area contributed by atoms with Crippen molar-refractivity contribution in [1.29, 1.82) is 0 Å². The van der Waals surface area contributed by atoms with E-state index >= 15 is 0 Å². The molecular formula is C22H27NO6. The van der Waals surface area contributed by atoms with Crippen molar-refractivity contribution < 1.29 is 28.9 Å². The normalized spacial score (nSPS) is 34.4. The minimum Gasteiger partial charge on any atom is -0.493 e. The van der Waals surface area contributed by atoms with Crippen molar-refractivity contribution in [1.82, 2.24) is 4.90 Å². The predicted octanol–water partition coefficient (Wildman–Crippen LogP) is 2.35. The number of aliphatic hydroxyl groups is 1. The van der Waals surface area contributed by atoms with Gasteiger partial charge in [0.2, 0.25) is 0 Å². The fourth-order valence-electron chi connectivity index (χ4n) is 6.02. The first-order chi connectivity index (χ1) is 13.6. The number of piperidine rings is 1. The van der Waals surface area contributed by atoms with Crippen LogP contribution in [-0.2, 0) is 21.4 Å². The Morgan fingerprint density at radius 2 is 2.07 bits per heavy atom. The summed E-state index contributed by atoms with van der Waals surface area (Å²) < 4.78 is 17.3. The van der Waals surface area contributed by atoms with Crippen molar-refractivity contribution in [2.45, 2.75) is 75.2 Å². The minimum atomic E-state index is -1.24. The number of hydrogen-bond donors (Lipinski definition) is 1. The Morgan fingerprint density at radius 3 is 2.76 bits per heavy atom. The van der Waals surface area contributed by atoms with Crippen LogP contribution in [0, 0.1) is 0 Å². The van der Waals surface area contributed by atoms with Crippen molar-refractivity contribution in [2.75, 3.05) is 13.7 Å². The molecule has 1 saturated heterocycles. The summed E-state index contributed by atoms with van der Waals surface area (Å²) in [5.74, 6) is 1.16. The first-order valence-electron chi connectivity index (χ1n) is 10.2. The Hall–Kier alpha value is -2.28. The van der Waals surface area contributed by atoms with Gasteiger partial charge in [-0.05, 0) is 51.7 Å². The molecule has 1 spiro atoms. The van der Waals surface area contributed by atoms with Gasteiger partial charge < -0.3 is 24.2 Å². The van der Waals surface area contributed by atoms with Gasteiger partial charge in [0, 0.05) is 18.5 Å². The first-order valence-corrected chi connectivity index (χ1v) is 10.2. The molecule has 7 heteroatoms. The van der Waals surface area contributed by atoms with Crippen molar-refractivity contribution in [3.05, 3.63) is 23.3 Å². The molecule has 1 aromatic rings. The van der Waals surface area contributed by atoms with Crippen molar-refractivity contribution in [2.24, 2.45) is 0 Å². The second-order valence-electron chi connectivity index (χ2n) is 9.63. The van der Waals surface area contributed by atoms with Crippen LogP contribution in [0.2, 0.25) is 0 Å².